The first kappa shape index (κ1) is 10.7. The standard InChI is InChI=1S/C12H13NO3/c1-7-4-9-3-2-8(6-11(9)16-7)5-10(13)12(14)15/h2-4,6,10H,5,13H2,1H3,(H,14,15). The van der Waals surface area contributed by atoms with Crippen LogP contribution >= 0.6 is 0 Å². The highest BCUT2D eigenvalue weighted by Gasteiger charge is 2.12. The number of nitrogens with two attached hydrogens (primary N) is 1. The highest BCUT2D eigenvalue weighted by molar-refractivity contribution is 5.79. The highest BCUT2D eigenvalue weighted by atomic mass is 16.4. The number of hydrogen-bond donors (Lipinski definition) is 2. The van der Waals surface area contributed by atoms with E-state index in [1.807, 2.05) is 31.2 Å². The zero-order valence-corrected chi connectivity index (χ0v) is 8.93. The predicted molar refractivity (Wildman–Crippen MR) is 60.3 cm³/mol. The number of carbonyl (C=O) groups is 1. The molecule has 0 radical (unpaired) electrons. The van der Waals surface area contributed by atoms with Gasteiger partial charge in [-0.3, -0.25) is 4.79 Å². The van der Waals surface area contributed by atoms with Gasteiger partial charge in [0.2, 0.25) is 0 Å². The summed E-state index contributed by atoms with van der Waals surface area (Å²) in [4.78, 5) is 10.6. The van der Waals surface area contributed by atoms with Crippen LogP contribution in [0.5, 0.6) is 0 Å². The topological polar surface area (TPSA) is 76.5 Å². The molecule has 0 aliphatic heterocycles. The van der Waals surface area contributed by atoms with Crippen molar-refractivity contribution in [2.75, 3.05) is 0 Å². The van der Waals surface area contributed by atoms with Crippen molar-refractivity contribution in [2.45, 2.75) is 19.4 Å². The summed E-state index contributed by atoms with van der Waals surface area (Å²) in [6.45, 7) is 1.88. The molecule has 0 aliphatic carbocycles. The zero-order valence-electron chi connectivity index (χ0n) is 8.93. The number of fused-ring (bicyclic) bond motifs is 1. The minimum absolute atomic E-state index is 0.311. The Balaban J connectivity index is 2.28. The first-order chi connectivity index (χ1) is 7.56. The van der Waals surface area contributed by atoms with Gasteiger partial charge in [0.1, 0.15) is 17.4 Å². The van der Waals surface area contributed by atoms with Crippen LogP contribution in [0.3, 0.4) is 0 Å². The fraction of sp³-hybridized carbons (Fsp3) is 0.250. The number of carboxylic acid groups (broad SMARTS) is 1. The number of carboxylic acids is 1. The van der Waals surface area contributed by atoms with Crippen molar-refractivity contribution in [1.29, 1.82) is 0 Å². The lowest BCUT2D eigenvalue weighted by molar-refractivity contribution is -0.138. The molecular weight excluding hydrogens is 206 g/mol. The second kappa shape index (κ2) is 3.98. The quantitative estimate of drug-likeness (QED) is 0.823. The van der Waals surface area contributed by atoms with Crippen LogP contribution in [-0.2, 0) is 11.2 Å². The molecule has 3 N–H and O–H groups in total. The summed E-state index contributed by atoms with van der Waals surface area (Å²) in [6.07, 6.45) is 0.311. The van der Waals surface area contributed by atoms with E-state index in [2.05, 4.69) is 0 Å². The minimum Gasteiger partial charge on any atom is -0.480 e. The van der Waals surface area contributed by atoms with Crippen molar-refractivity contribution in [2.24, 2.45) is 5.73 Å². The van der Waals surface area contributed by atoms with Gasteiger partial charge in [-0.05, 0) is 31.0 Å². The van der Waals surface area contributed by atoms with Crippen LogP contribution in [0, 0.1) is 6.92 Å². The number of benzene rings is 1. The van der Waals surface area contributed by atoms with Gasteiger partial charge in [0.05, 0.1) is 0 Å². The Labute approximate surface area is 92.7 Å². The van der Waals surface area contributed by atoms with E-state index in [0.29, 0.717) is 6.42 Å². The van der Waals surface area contributed by atoms with E-state index in [4.69, 9.17) is 15.3 Å². The van der Waals surface area contributed by atoms with E-state index in [-0.39, 0.29) is 0 Å². The highest BCUT2D eigenvalue weighted by Crippen LogP contribution is 2.20. The molecule has 0 amide bonds. The van der Waals surface area contributed by atoms with Crippen LogP contribution < -0.4 is 5.73 Å². The maximum atomic E-state index is 10.6. The van der Waals surface area contributed by atoms with Crippen LogP contribution in [-0.4, -0.2) is 17.1 Å². The summed E-state index contributed by atoms with van der Waals surface area (Å²) in [7, 11) is 0. The monoisotopic (exact) mass is 219 g/mol. The van der Waals surface area contributed by atoms with Gasteiger partial charge in [0.25, 0.3) is 0 Å². The van der Waals surface area contributed by atoms with E-state index < -0.39 is 12.0 Å². The van der Waals surface area contributed by atoms with Gasteiger partial charge in [0, 0.05) is 5.39 Å². The molecule has 1 heterocycles. The molecule has 0 saturated heterocycles. The van der Waals surface area contributed by atoms with Gasteiger partial charge < -0.3 is 15.3 Å². The van der Waals surface area contributed by atoms with E-state index >= 15 is 0 Å². The van der Waals surface area contributed by atoms with Crippen molar-refractivity contribution in [3.63, 3.8) is 0 Å². The van der Waals surface area contributed by atoms with Crippen molar-refractivity contribution in [3.8, 4) is 0 Å². The molecule has 0 spiro atoms. The molecule has 2 aromatic rings. The first-order valence-electron chi connectivity index (χ1n) is 5.04. The van der Waals surface area contributed by atoms with E-state index in [1.165, 1.54) is 0 Å². The van der Waals surface area contributed by atoms with E-state index in [0.717, 1.165) is 22.3 Å². The third-order valence-electron chi connectivity index (χ3n) is 2.48. The van der Waals surface area contributed by atoms with Crippen LogP contribution in [0.15, 0.2) is 28.7 Å². The summed E-state index contributed by atoms with van der Waals surface area (Å²) in [5, 5.41) is 9.73. The summed E-state index contributed by atoms with van der Waals surface area (Å²) in [5.41, 5.74) is 7.11. The Morgan fingerprint density at radius 2 is 2.25 bits per heavy atom. The smallest absolute Gasteiger partial charge is 0.320 e. The number of aliphatic carboxylic acids is 1. The maximum absolute atomic E-state index is 10.6. The third-order valence-corrected chi connectivity index (χ3v) is 2.48. The Morgan fingerprint density at radius 3 is 2.94 bits per heavy atom. The molecule has 0 bridgehead atoms. The lowest BCUT2D eigenvalue weighted by atomic mass is 10.1. The molecule has 84 valence electrons. The largest absolute Gasteiger partial charge is 0.480 e. The molecule has 0 saturated carbocycles. The first-order valence-corrected chi connectivity index (χ1v) is 5.04. The number of aryl methyl sites for hydroxylation is 1. The zero-order chi connectivity index (χ0) is 11.7. The number of hydrogen-bond acceptors (Lipinski definition) is 3. The Bertz CT molecular complexity index is 530. The molecular formula is C12H13NO3. The summed E-state index contributed by atoms with van der Waals surface area (Å²) in [5.74, 6) is -0.148. The molecule has 1 unspecified atom stereocenters. The number of rotatable bonds is 3. The van der Waals surface area contributed by atoms with Gasteiger partial charge in [0.15, 0.2) is 0 Å². The van der Waals surface area contributed by atoms with Crippen molar-refractivity contribution in [3.05, 3.63) is 35.6 Å². The predicted octanol–water partition coefficient (Wildman–Crippen LogP) is 1.70. The molecule has 4 heteroatoms. The number of furan rings is 1. The lowest BCUT2D eigenvalue weighted by Crippen LogP contribution is -2.32. The Morgan fingerprint density at radius 1 is 1.50 bits per heavy atom. The molecule has 1 atom stereocenters. The van der Waals surface area contributed by atoms with Crippen LogP contribution in [0.1, 0.15) is 11.3 Å². The molecule has 0 fully saturated rings. The molecule has 1 aromatic heterocycles. The Hall–Kier alpha value is -1.81. The maximum Gasteiger partial charge on any atom is 0.320 e. The van der Waals surface area contributed by atoms with Gasteiger partial charge in [-0.2, -0.15) is 0 Å². The molecule has 0 aliphatic rings. The van der Waals surface area contributed by atoms with Crippen molar-refractivity contribution >= 4 is 16.9 Å². The van der Waals surface area contributed by atoms with Crippen LogP contribution in [0.2, 0.25) is 0 Å². The molecule has 2 rings (SSSR count). The second-order valence-electron chi connectivity index (χ2n) is 3.88. The van der Waals surface area contributed by atoms with Gasteiger partial charge in [-0.1, -0.05) is 12.1 Å². The van der Waals surface area contributed by atoms with Crippen LogP contribution in [0.25, 0.3) is 11.0 Å². The summed E-state index contributed by atoms with van der Waals surface area (Å²) in [6, 6.07) is 6.70. The van der Waals surface area contributed by atoms with Crippen molar-refractivity contribution < 1.29 is 14.3 Å². The average molecular weight is 219 g/mol. The van der Waals surface area contributed by atoms with E-state index in [1.54, 1.807) is 0 Å². The van der Waals surface area contributed by atoms with Crippen molar-refractivity contribution in [1.82, 2.24) is 0 Å². The average Bonchev–Trinajstić information content (AvgIpc) is 2.57. The normalized spacial score (nSPS) is 12.9. The molecule has 4 nitrogen and oxygen atoms in total. The summed E-state index contributed by atoms with van der Waals surface area (Å²) >= 11 is 0. The third kappa shape index (κ3) is 2.06. The Kier molecular flexibility index (Phi) is 2.66. The fourth-order valence-corrected chi connectivity index (χ4v) is 1.68. The van der Waals surface area contributed by atoms with Gasteiger partial charge >= 0.3 is 5.97 Å². The SMILES string of the molecule is Cc1cc2ccc(CC(N)C(=O)O)cc2o1. The molecule has 16 heavy (non-hydrogen) atoms. The minimum atomic E-state index is -0.990. The van der Waals surface area contributed by atoms with E-state index in [9.17, 15) is 4.79 Å². The lowest BCUT2D eigenvalue weighted by Gasteiger charge is -2.05. The summed E-state index contributed by atoms with van der Waals surface area (Å²) < 4.78 is 5.46. The van der Waals surface area contributed by atoms with Gasteiger partial charge in [-0.25, -0.2) is 0 Å². The second-order valence-corrected chi connectivity index (χ2v) is 3.88. The fourth-order valence-electron chi connectivity index (χ4n) is 1.68. The van der Waals surface area contributed by atoms with Crippen LogP contribution in [0.4, 0.5) is 0 Å². The molecule has 1 aromatic carbocycles. The van der Waals surface area contributed by atoms with Gasteiger partial charge in [-0.15, -0.1) is 0 Å².